The van der Waals surface area contributed by atoms with Crippen molar-refractivity contribution in [3.05, 3.63) is 87.7 Å². The van der Waals surface area contributed by atoms with Crippen molar-refractivity contribution < 1.29 is 23.8 Å². The van der Waals surface area contributed by atoms with Gasteiger partial charge in [-0.2, -0.15) is 0 Å². The minimum atomic E-state index is -1.23. The van der Waals surface area contributed by atoms with Crippen molar-refractivity contribution in [3.8, 4) is 5.75 Å². The van der Waals surface area contributed by atoms with Crippen LogP contribution in [-0.4, -0.2) is 22.6 Å². The SMILES string of the molecule is CC1(C)CCc2cc(C3(C)C(=O)N(c4cccc(C(=O)O)c4)c4ccc(Cl)cc43)cc(F)c2O1. The van der Waals surface area contributed by atoms with Gasteiger partial charge in [-0.05, 0) is 92.8 Å². The number of anilines is 2. The Labute approximate surface area is 201 Å². The third-order valence-electron chi connectivity index (χ3n) is 6.79. The molecule has 2 aliphatic rings. The van der Waals surface area contributed by atoms with E-state index in [1.54, 1.807) is 37.3 Å². The van der Waals surface area contributed by atoms with Gasteiger partial charge in [0.2, 0.25) is 5.91 Å². The molecule has 3 aromatic rings. The lowest BCUT2D eigenvalue weighted by Gasteiger charge is -2.34. The Hall–Kier alpha value is -3.38. The van der Waals surface area contributed by atoms with Crippen LogP contribution < -0.4 is 9.64 Å². The lowest BCUT2D eigenvalue weighted by molar-refractivity contribution is -0.120. The number of carbonyl (C=O) groups excluding carboxylic acids is 1. The molecule has 0 spiro atoms. The normalized spacial score (nSPS) is 20.5. The first-order valence-electron chi connectivity index (χ1n) is 11.0. The Morgan fingerprint density at radius 3 is 2.62 bits per heavy atom. The highest BCUT2D eigenvalue weighted by atomic mass is 35.5. The number of carbonyl (C=O) groups is 2. The number of halogens is 2. The third kappa shape index (κ3) is 3.36. The molecule has 34 heavy (non-hydrogen) atoms. The van der Waals surface area contributed by atoms with Gasteiger partial charge in [-0.15, -0.1) is 0 Å². The second-order valence-corrected chi connectivity index (χ2v) is 10.0. The maximum atomic E-state index is 15.3. The molecule has 1 N–H and O–H groups in total. The van der Waals surface area contributed by atoms with Gasteiger partial charge >= 0.3 is 5.97 Å². The molecule has 0 radical (unpaired) electrons. The molecule has 0 saturated heterocycles. The van der Waals surface area contributed by atoms with E-state index in [2.05, 4.69) is 0 Å². The van der Waals surface area contributed by atoms with Crippen molar-refractivity contribution in [1.82, 2.24) is 0 Å². The van der Waals surface area contributed by atoms with Crippen LogP contribution in [0.1, 0.15) is 54.2 Å². The van der Waals surface area contributed by atoms with E-state index in [1.807, 2.05) is 19.9 Å². The van der Waals surface area contributed by atoms with Gasteiger partial charge in [0.25, 0.3) is 0 Å². The average Bonchev–Trinajstić information content (AvgIpc) is 3.01. The zero-order valence-corrected chi connectivity index (χ0v) is 19.7. The largest absolute Gasteiger partial charge is 0.484 e. The Balaban J connectivity index is 1.69. The summed E-state index contributed by atoms with van der Waals surface area (Å²) in [5.74, 6) is -1.69. The molecule has 0 aromatic heterocycles. The second-order valence-electron chi connectivity index (χ2n) is 9.59. The monoisotopic (exact) mass is 479 g/mol. The number of rotatable bonds is 3. The van der Waals surface area contributed by atoms with Gasteiger partial charge in [0, 0.05) is 10.7 Å². The summed E-state index contributed by atoms with van der Waals surface area (Å²) in [6, 6.07) is 14.5. The number of ether oxygens (including phenoxy) is 1. The summed E-state index contributed by atoms with van der Waals surface area (Å²) in [7, 11) is 0. The highest BCUT2D eigenvalue weighted by molar-refractivity contribution is 6.31. The Morgan fingerprint density at radius 1 is 1.12 bits per heavy atom. The molecule has 1 atom stereocenters. The van der Waals surface area contributed by atoms with Crippen molar-refractivity contribution in [2.24, 2.45) is 0 Å². The predicted octanol–water partition coefficient (Wildman–Crippen LogP) is 6.27. The van der Waals surface area contributed by atoms with Gasteiger partial charge in [-0.25, -0.2) is 9.18 Å². The second kappa shape index (κ2) is 7.57. The van der Waals surface area contributed by atoms with Gasteiger partial charge in [-0.1, -0.05) is 23.7 Å². The van der Waals surface area contributed by atoms with Crippen molar-refractivity contribution in [2.75, 3.05) is 4.90 Å². The molecule has 0 aliphatic carbocycles. The number of aromatic carboxylic acids is 1. The van der Waals surface area contributed by atoms with Crippen molar-refractivity contribution in [3.63, 3.8) is 0 Å². The first kappa shape index (κ1) is 22.4. The van der Waals surface area contributed by atoms with E-state index in [-0.39, 0.29) is 17.2 Å². The standard InChI is InChI=1S/C27H23ClFNO4/c1-26(2)10-9-15-11-17(13-21(29)23(15)34-26)27(3)20-14-18(28)7-8-22(20)30(25(27)33)19-6-4-5-16(12-19)24(31)32/h4-8,11-14H,9-10H2,1-3H3,(H,31,32). The molecule has 1 unspecified atom stereocenters. The number of fused-ring (bicyclic) bond motifs is 2. The first-order chi connectivity index (χ1) is 16.0. The summed E-state index contributed by atoms with van der Waals surface area (Å²) in [5, 5.41) is 9.88. The lowest BCUT2D eigenvalue weighted by atomic mass is 9.76. The molecule has 0 bridgehead atoms. The Morgan fingerprint density at radius 2 is 1.88 bits per heavy atom. The van der Waals surface area contributed by atoms with Gasteiger partial charge in [-0.3, -0.25) is 9.69 Å². The molecule has 2 aliphatic heterocycles. The van der Waals surface area contributed by atoms with Crippen molar-refractivity contribution in [1.29, 1.82) is 0 Å². The fourth-order valence-corrected chi connectivity index (χ4v) is 5.04. The number of hydrogen-bond acceptors (Lipinski definition) is 3. The Kier molecular flexibility index (Phi) is 4.99. The number of hydrogen-bond donors (Lipinski definition) is 1. The molecule has 2 heterocycles. The van der Waals surface area contributed by atoms with Gasteiger partial charge in [0.1, 0.15) is 5.60 Å². The number of carboxylic acids is 1. The zero-order valence-electron chi connectivity index (χ0n) is 19.0. The van der Waals surface area contributed by atoms with Gasteiger partial charge < -0.3 is 9.84 Å². The quantitative estimate of drug-likeness (QED) is 0.481. The number of nitrogens with zero attached hydrogens (tertiary/aromatic N) is 1. The number of aryl methyl sites for hydroxylation is 1. The topological polar surface area (TPSA) is 66.8 Å². The minimum absolute atomic E-state index is 0.0639. The van der Waals surface area contributed by atoms with E-state index in [4.69, 9.17) is 16.3 Å². The van der Waals surface area contributed by atoms with Crippen molar-refractivity contribution >= 4 is 34.9 Å². The van der Waals surface area contributed by atoms with Crippen LogP contribution in [0, 0.1) is 5.82 Å². The minimum Gasteiger partial charge on any atom is -0.484 e. The lowest BCUT2D eigenvalue weighted by Crippen LogP contribution is -2.38. The summed E-state index contributed by atoms with van der Waals surface area (Å²) in [6.07, 6.45) is 1.36. The van der Waals surface area contributed by atoms with Gasteiger partial charge in [0.15, 0.2) is 11.6 Å². The maximum Gasteiger partial charge on any atom is 0.335 e. The summed E-state index contributed by atoms with van der Waals surface area (Å²) in [6.45, 7) is 5.60. The number of benzene rings is 3. The number of amides is 1. The van der Waals surface area contributed by atoms with E-state index in [0.717, 1.165) is 12.0 Å². The van der Waals surface area contributed by atoms with Crippen LogP contribution in [0.3, 0.4) is 0 Å². The third-order valence-corrected chi connectivity index (χ3v) is 7.03. The van der Waals surface area contributed by atoms with E-state index >= 15 is 4.39 Å². The Bertz CT molecular complexity index is 1370. The molecule has 174 valence electrons. The van der Waals surface area contributed by atoms with Crippen LogP contribution in [0.2, 0.25) is 5.02 Å². The maximum absolute atomic E-state index is 15.3. The van der Waals surface area contributed by atoms with E-state index < -0.39 is 22.8 Å². The molecular weight excluding hydrogens is 457 g/mol. The van der Waals surface area contributed by atoms with E-state index in [1.165, 1.54) is 23.1 Å². The van der Waals surface area contributed by atoms with Crippen LogP contribution in [0.4, 0.5) is 15.8 Å². The average molecular weight is 480 g/mol. The summed E-state index contributed by atoms with van der Waals surface area (Å²) < 4.78 is 21.2. The highest BCUT2D eigenvalue weighted by Crippen LogP contribution is 2.51. The smallest absolute Gasteiger partial charge is 0.335 e. The van der Waals surface area contributed by atoms with Crippen LogP contribution in [-0.2, 0) is 16.6 Å². The summed E-state index contributed by atoms with van der Waals surface area (Å²) >= 11 is 6.32. The van der Waals surface area contributed by atoms with E-state index in [9.17, 15) is 14.7 Å². The zero-order chi connectivity index (χ0) is 24.4. The highest BCUT2D eigenvalue weighted by Gasteiger charge is 2.50. The summed E-state index contributed by atoms with van der Waals surface area (Å²) in [4.78, 5) is 27.1. The molecule has 0 saturated carbocycles. The molecule has 3 aromatic carbocycles. The molecule has 5 rings (SSSR count). The van der Waals surface area contributed by atoms with Crippen LogP contribution in [0.15, 0.2) is 54.6 Å². The van der Waals surface area contributed by atoms with E-state index in [0.29, 0.717) is 33.9 Å². The van der Waals surface area contributed by atoms with Crippen LogP contribution >= 0.6 is 11.6 Å². The fraction of sp³-hybridized carbons (Fsp3) is 0.259. The first-order valence-corrected chi connectivity index (χ1v) is 11.4. The fourth-order valence-electron chi connectivity index (χ4n) is 4.87. The number of carboxylic acid groups (broad SMARTS) is 1. The molecule has 7 heteroatoms. The van der Waals surface area contributed by atoms with Gasteiger partial charge in [0.05, 0.1) is 16.7 Å². The molecular formula is C27H23ClFNO4. The van der Waals surface area contributed by atoms with Crippen LogP contribution in [0.5, 0.6) is 5.75 Å². The predicted molar refractivity (Wildman–Crippen MR) is 128 cm³/mol. The molecule has 0 fully saturated rings. The molecule has 5 nitrogen and oxygen atoms in total. The van der Waals surface area contributed by atoms with Crippen molar-refractivity contribution in [2.45, 2.75) is 44.6 Å². The summed E-state index contributed by atoms with van der Waals surface area (Å²) in [5.41, 5.74) is 1.21. The molecule has 1 amide bonds. The van der Waals surface area contributed by atoms with Crippen LogP contribution in [0.25, 0.3) is 0 Å².